The van der Waals surface area contributed by atoms with Crippen LogP contribution in [0.4, 0.5) is 0 Å². The van der Waals surface area contributed by atoms with Crippen molar-refractivity contribution in [2.24, 2.45) is 0 Å². The van der Waals surface area contributed by atoms with Gasteiger partial charge in [-0.25, -0.2) is 4.98 Å². The van der Waals surface area contributed by atoms with Crippen molar-refractivity contribution in [3.05, 3.63) is 66.2 Å². The predicted molar refractivity (Wildman–Crippen MR) is 88.8 cm³/mol. The summed E-state index contributed by atoms with van der Waals surface area (Å²) in [6.07, 6.45) is 2.20. The molecule has 4 rings (SSSR count). The van der Waals surface area contributed by atoms with Gasteiger partial charge in [0.1, 0.15) is 5.82 Å². The highest BCUT2D eigenvalue weighted by atomic mass is 16.2. The third-order valence-corrected chi connectivity index (χ3v) is 4.21. The van der Waals surface area contributed by atoms with Crippen LogP contribution in [0.15, 0.2) is 54.7 Å². The van der Waals surface area contributed by atoms with Crippen LogP contribution >= 0.6 is 0 Å². The van der Waals surface area contributed by atoms with Crippen LogP contribution in [-0.4, -0.2) is 37.5 Å². The van der Waals surface area contributed by atoms with Gasteiger partial charge in [-0.2, -0.15) is 5.10 Å². The summed E-state index contributed by atoms with van der Waals surface area (Å²) in [6.45, 7) is 1.18. The molecule has 24 heavy (non-hydrogen) atoms. The van der Waals surface area contributed by atoms with Gasteiger partial charge < -0.3 is 4.90 Å². The lowest BCUT2D eigenvalue weighted by Gasteiger charge is -2.15. The Morgan fingerprint density at radius 3 is 2.75 bits per heavy atom. The third-order valence-electron chi connectivity index (χ3n) is 4.21. The Morgan fingerprint density at radius 2 is 1.96 bits per heavy atom. The van der Waals surface area contributed by atoms with E-state index >= 15 is 0 Å². The molecule has 3 aromatic rings. The molecule has 0 saturated carbocycles. The quantitative estimate of drug-likeness (QED) is 0.801. The van der Waals surface area contributed by atoms with Crippen LogP contribution in [0.25, 0.3) is 11.4 Å². The maximum absolute atomic E-state index is 12.3. The fourth-order valence-corrected chi connectivity index (χ4v) is 2.97. The van der Waals surface area contributed by atoms with Gasteiger partial charge in [0, 0.05) is 30.6 Å². The van der Waals surface area contributed by atoms with Crippen molar-refractivity contribution < 1.29 is 4.79 Å². The highest BCUT2D eigenvalue weighted by molar-refractivity contribution is 5.79. The van der Waals surface area contributed by atoms with Crippen molar-refractivity contribution in [1.82, 2.24) is 25.1 Å². The summed E-state index contributed by atoms with van der Waals surface area (Å²) in [7, 11) is 0. The molecule has 0 bridgehead atoms. The Hall–Kier alpha value is -3.02. The zero-order valence-electron chi connectivity index (χ0n) is 13.1. The van der Waals surface area contributed by atoms with Crippen LogP contribution in [0.2, 0.25) is 0 Å². The summed E-state index contributed by atoms with van der Waals surface area (Å²) in [4.78, 5) is 23.0. The number of aromatic amines is 1. The number of hydrogen-bond donors (Lipinski definition) is 1. The lowest BCUT2D eigenvalue weighted by Crippen LogP contribution is -2.24. The van der Waals surface area contributed by atoms with Crippen molar-refractivity contribution >= 4 is 5.91 Å². The van der Waals surface area contributed by atoms with E-state index in [4.69, 9.17) is 0 Å². The summed E-state index contributed by atoms with van der Waals surface area (Å²) in [6, 6.07) is 15.6. The number of pyridine rings is 1. The minimum Gasteiger partial charge on any atom is -0.336 e. The zero-order valence-corrected chi connectivity index (χ0v) is 13.1. The van der Waals surface area contributed by atoms with Gasteiger partial charge in [0.05, 0.1) is 12.2 Å². The summed E-state index contributed by atoms with van der Waals surface area (Å²) < 4.78 is 0. The molecule has 2 aromatic heterocycles. The summed E-state index contributed by atoms with van der Waals surface area (Å²) >= 11 is 0. The lowest BCUT2D eigenvalue weighted by atomic mass is 10.1. The number of likely N-dealkylation sites (tertiary alicyclic amines) is 1. The Labute approximate surface area is 139 Å². The van der Waals surface area contributed by atoms with Gasteiger partial charge in [-0.3, -0.25) is 14.9 Å². The highest BCUT2D eigenvalue weighted by Crippen LogP contribution is 2.28. The predicted octanol–water partition coefficient (Wildman–Crippen LogP) is 2.38. The minimum atomic E-state index is 0.0474. The Bertz CT molecular complexity index is 831. The molecule has 0 radical (unpaired) electrons. The zero-order chi connectivity index (χ0) is 16.4. The van der Waals surface area contributed by atoms with Crippen molar-refractivity contribution in [3.63, 3.8) is 0 Å². The molecule has 1 amide bonds. The van der Waals surface area contributed by atoms with E-state index in [9.17, 15) is 4.79 Å². The number of benzene rings is 1. The standard InChI is InChI=1S/C18H17N5O/c24-16-10-14(11-23(16)12-15-8-4-5-9-19-15)18-20-17(21-22-18)13-6-2-1-3-7-13/h1-9,14H,10-12H2,(H,20,21,22)/t14-/m1/s1. The van der Waals surface area contributed by atoms with Crippen LogP contribution in [0, 0.1) is 0 Å². The molecule has 1 N–H and O–H groups in total. The second-order valence-corrected chi connectivity index (χ2v) is 5.91. The first kappa shape index (κ1) is 14.6. The number of carbonyl (C=O) groups is 1. The van der Waals surface area contributed by atoms with E-state index in [0.717, 1.165) is 17.1 Å². The van der Waals surface area contributed by atoms with Crippen LogP contribution in [0.3, 0.4) is 0 Å². The first-order chi connectivity index (χ1) is 11.8. The highest BCUT2D eigenvalue weighted by Gasteiger charge is 2.32. The molecule has 0 spiro atoms. The molecule has 1 fully saturated rings. The third kappa shape index (κ3) is 2.90. The molecule has 3 heterocycles. The SMILES string of the molecule is O=C1C[C@@H](c2nc(-c3ccccc3)n[nH]2)CN1Cc1ccccn1. The van der Waals surface area contributed by atoms with Crippen LogP contribution in [0.1, 0.15) is 23.9 Å². The van der Waals surface area contributed by atoms with Gasteiger partial charge in [0.25, 0.3) is 0 Å². The van der Waals surface area contributed by atoms with Gasteiger partial charge in [-0.15, -0.1) is 0 Å². The molecule has 0 unspecified atom stereocenters. The monoisotopic (exact) mass is 319 g/mol. The molecule has 1 saturated heterocycles. The van der Waals surface area contributed by atoms with Crippen LogP contribution in [-0.2, 0) is 11.3 Å². The molecule has 1 aromatic carbocycles. The Balaban J connectivity index is 1.48. The summed E-state index contributed by atoms with van der Waals surface area (Å²) in [5.41, 5.74) is 1.86. The number of nitrogens with one attached hydrogen (secondary N) is 1. The fraction of sp³-hybridized carbons (Fsp3) is 0.222. The van der Waals surface area contributed by atoms with Crippen LogP contribution in [0.5, 0.6) is 0 Å². The molecule has 1 aliphatic rings. The van der Waals surface area contributed by atoms with Crippen molar-refractivity contribution in [2.45, 2.75) is 18.9 Å². The second kappa shape index (κ2) is 6.23. The van der Waals surface area contributed by atoms with E-state index in [1.807, 2.05) is 53.4 Å². The normalized spacial score (nSPS) is 17.4. The smallest absolute Gasteiger partial charge is 0.223 e. The first-order valence-electron chi connectivity index (χ1n) is 7.95. The Morgan fingerprint density at radius 1 is 1.12 bits per heavy atom. The van der Waals surface area contributed by atoms with Gasteiger partial charge in [-0.1, -0.05) is 36.4 Å². The number of nitrogens with zero attached hydrogens (tertiary/aromatic N) is 4. The molecular weight excluding hydrogens is 302 g/mol. The average Bonchev–Trinajstić information content (AvgIpc) is 3.24. The summed E-state index contributed by atoms with van der Waals surface area (Å²) in [5.74, 6) is 1.61. The molecule has 6 heteroatoms. The number of carbonyl (C=O) groups excluding carboxylic acids is 1. The largest absolute Gasteiger partial charge is 0.336 e. The maximum atomic E-state index is 12.3. The lowest BCUT2D eigenvalue weighted by molar-refractivity contribution is -0.128. The van der Waals surface area contributed by atoms with Gasteiger partial charge in [0.15, 0.2) is 5.82 Å². The minimum absolute atomic E-state index is 0.0474. The first-order valence-corrected chi connectivity index (χ1v) is 7.95. The van der Waals surface area contributed by atoms with Crippen LogP contribution < -0.4 is 0 Å². The van der Waals surface area contributed by atoms with Crippen molar-refractivity contribution in [3.8, 4) is 11.4 Å². The van der Waals surface area contributed by atoms with E-state index in [0.29, 0.717) is 25.3 Å². The van der Waals surface area contributed by atoms with E-state index in [1.54, 1.807) is 6.20 Å². The fourth-order valence-electron chi connectivity index (χ4n) is 2.97. The van der Waals surface area contributed by atoms with E-state index in [2.05, 4.69) is 20.2 Å². The summed E-state index contributed by atoms with van der Waals surface area (Å²) in [5, 5.41) is 7.28. The molecular formula is C18H17N5O. The molecule has 6 nitrogen and oxygen atoms in total. The van der Waals surface area contributed by atoms with Gasteiger partial charge in [0.2, 0.25) is 5.91 Å². The second-order valence-electron chi connectivity index (χ2n) is 5.91. The van der Waals surface area contributed by atoms with Gasteiger partial charge in [-0.05, 0) is 12.1 Å². The average molecular weight is 319 g/mol. The molecule has 0 aliphatic carbocycles. The molecule has 1 atom stereocenters. The topological polar surface area (TPSA) is 74.8 Å². The van der Waals surface area contributed by atoms with Crippen molar-refractivity contribution in [2.75, 3.05) is 6.54 Å². The number of amides is 1. The maximum Gasteiger partial charge on any atom is 0.223 e. The van der Waals surface area contributed by atoms with E-state index in [-0.39, 0.29) is 11.8 Å². The molecule has 1 aliphatic heterocycles. The van der Waals surface area contributed by atoms with Crippen molar-refractivity contribution in [1.29, 1.82) is 0 Å². The van der Waals surface area contributed by atoms with Gasteiger partial charge >= 0.3 is 0 Å². The number of H-pyrrole nitrogens is 1. The number of rotatable bonds is 4. The number of aromatic nitrogens is 4. The number of hydrogen-bond acceptors (Lipinski definition) is 4. The van der Waals surface area contributed by atoms with E-state index in [1.165, 1.54) is 0 Å². The van der Waals surface area contributed by atoms with E-state index < -0.39 is 0 Å². The Kier molecular flexibility index (Phi) is 3.78. The molecule has 120 valence electrons.